The molecule has 0 amide bonds. The second-order valence-electron chi connectivity index (χ2n) is 4.78. The summed E-state index contributed by atoms with van der Waals surface area (Å²) in [6.45, 7) is 1.43. The van der Waals surface area contributed by atoms with Crippen LogP contribution < -0.4 is 5.73 Å². The molecule has 1 aliphatic heterocycles. The van der Waals surface area contributed by atoms with E-state index < -0.39 is 11.6 Å². The summed E-state index contributed by atoms with van der Waals surface area (Å²) in [4.78, 5) is 2.40. The zero-order chi connectivity index (χ0) is 13.3. The first kappa shape index (κ1) is 13.8. The number of benzene rings is 1. The fraction of sp³-hybridized carbons (Fsp3) is 0.538. The molecule has 1 aromatic carbocycles. The molecule has 100 valence electrons. The topological polar surface area (TPSA) is 29.3 Å². The largest absolute Gasteiger partial charge is 0.330 e. The minimum atomic E-state index is -0.732. The Labute approximate surface area is 111 Å². The van der Waals surface area contributed by atoms with Gasteiger partial charge in [-0.15, -0.1) is 11.8 Å². The minimum Gasteiger partial charge on any atom is -0.330 e. The lowest BCUT2D eigenvalue weighted by molar-refractivity contribution is 0.303. The molecule has 1 saturated heterocycles. The number of halogens is 2. The zero-order valence-electron chi connectivity index (χ0n) is 10.6. The summed E-state index contributed by atoms with van der Waals surface area (Å²) in [5.74, 6) is -1.08. The summed E-state index contributed by atoms with van der Waals surface area (Å²) in [5.41, 5.74) is 6.10. The van der Waals surface area contributed by atoms with Crippen LogP contribution in [0.15, 0.2) is 17.0 Å². The monoisotopic (exact) mass is 272 g/mol. The van der Waals surface area contributed by atoms with Crippen molar-refractivity contribution in [2.24, 2.45) is 11.7 Å². The van der Waals surface area contributed by atoms with Crippen molar-refractivity contribution in [1.29, 1.82) is 0 Å². The fourth-order valence-corrected chi connectivity index (χ4v) is 3.07. The number of nitrogens with zero attached hydrogens (tertiary/aromatic N) is 1. The van der Waals surface area contributed by atoms with E-state index in [1.54, 1.807) is 18.4 Å². The molecule has 1 fully saturated rings. The van der Waals surface area contributed by atoms with E-state index in [0.717, 1.165) is 13.0 Å². The van der Waals surface area contributed by atoms with Gasteiger partial charge in [0.2, 0.25) is 0 Å². The summed E-state index contributed by atoms with van der Waals surface area (Å²) in [5, 5.41) is 0. The third-order valence-corrected chi connectivity index (χ3v) is 4.38. The van der Waals surface area contributed by atoms with Gasteiger partial charge in [0.25, 0.3) is 0 Å². The summed E-state index contributed by atoms with van der Waals surface area (Å²) in [6.07, 6.45) is 2.53. The van der Waals surface area contributed by atoms with Gasteiger partial charge in [-0.1, -0.05) is 6.07 Å². The normalized spacial score (nSPS) is 24.7. The molecule has 1 aromatic rings. The average molecular weight is 272 g/mol. The van der Waals surface area contributed by atoms with Crippen molar-refractivity contribution in [3.63, 3.8) is 0 Å². The molecule has 1 heterocycles. The molecule has 0 aromatic heterocycles. The van der Waals surface area contributed by atoms with Gasteiger partial charge < -0.3 is 5.73 Å². The Morgan fingerprint density at radius 1 is 1.39 bits per heavy atom. The lowest BCUT2D eigenvalue weighted by atomic mass is 9.99. The second kappa shape index (κ2) is 5.55. The molecule has 0 bridgehead atoms. The summed E-state index contributed by atoms with van der Waals surface area (Å²) in [6, 6.07) is 3.29. The van der Waals surface area contributed by atoms with Gasteiger partial charge in [-0.2, -0.15) is 0 Å². The average Bonchev–Trinajstić information content (AvgIpc) is 2.74. The van der Waals surface area contributed by atoms with Gasteiger partial charge in [-0.05, 0) is 38.3 Å². The van der Waals surface area contributed by atoms with Gasteiger partial charge >= 0.3 is 0 Å². The van der Waals surface area contributed by atoms with Crippen LogP contribution in [0.1, 0.15) is 18.0 Å². The molecule has 2 atom stereocenters. The van der Waals surface area contributed by atoms with E-state index >= 15 is 0 Å². The number of hydrogen-bond donors (Lipinski definition) is 1. The van der Waals surface area contributed by atoms with Crippen LogP contribution >= 0.6 is 11.8 Å². The van der Waals surface area contributed by atoms with E-state index in [9.17, 15) is 8.78 Å². The van der Waals surface area contributed by atoms with Crippen LogP contribution in [0.2, 0.25) is 0 Å². The molecule has 0 radical (unpaired) electrons. The van der Waals surface area contributed by atoms with E-state index in [1.807, 2.05) is 11.9 Å². The molecule has 5 heteroatoms. The summed E-state index contributed by atoms with van der Waals surface area (Å²) < 4.78 is 27.8. The summed E-state index contributed by atoms with van der Waals surface area (Å²) >= 11 is 1.22. The highest BCUT2D eigenvalue weighted by Gasteiger charge is 2.32. The Balaban J connectivity index is 2.32. The van der Waals surface area contributed by atoms with E-state index in [0.29, 0.717) is 22.9 Å². The molecule has 2 unspecified atom stereocenters. The Morgan fingerprint density at radius 3 is 2.67 bits per heavy atom. The predicted molar refractivity (Wildman–Crippen MR) is 70.7 cm³/mol. The Bertz CT molecular complexity index is 439. The lowest BCUT2D eigenvalue weighted by Gasteiger charge is -2.20. The predicted octanol–water partition coefficient (Wildman–Crippen LogP) is 2.64. The molecule has 2 nitrogen and oxygen atoms in total. The van der Waals surface area contributed by atoms with Gasteiger partial charge in [0, 0.05) is 23.0 Å². The number of rotatable bonds is 3. The fourth-order valence-electron chi connectivity index (χ4n) is 2.60. The van der Waals surface area contributed by atoms with Crippen molar-refractivity contribution >= 4 is 11.8 Å². The first-order chi connectivity index (χ1) is 8.58. The molecule has 0 spiro atoms. The molecule has 1 aliphatic rings. The third kappa shape index (κ3) is 2.39. The smallest absolute Gasteiger partial charge is 0.172 e. The Hall–Kier alpha value is -0.650. The minimum absolute atomic E-state index is 0.0658. The van der Waals surface area contributed by atoms with Gasteiger partial charge in [0.1, 0.15) is 0 Å². The number of likely N-dealkylation sites (tertiary alicyclic amines) is 1. The van der Waals surface area contributed by atoms with E-state index in [4.69, 9.17) is 5.73 Å². The van der Waals surface area contributed by atoms with Crippen molar-refractivity contribution < 1.29 is 8.78 Å². The highest BCUT2D eigenvalue weighted by Crippen LogP contribution is 2.36. The first-order valence-electron chi connectivity index (χ1n) is 6.00. The van der Waals surface area contributed by atoms with E-state index in [-0.39, 0.29) is 6.04 Å². The van der Waals surface area contributed by atoms with Crippen molar-refractivity contribution in [1.82, 2.24) is 4.90 Å². The molecule has 0 aliphatic carbocycles. The maximum Gasteiger partial charge on any atom is 0.172 e. The Kier molecular flexibility index (Phi) is 4.25. The quantitative estimate of drug-likeness (QED) is 0.858. The van der Waals surface area contributed by atoms with E-state index in [2.05, 4.69) is 0 Å². The number of thioether (sulfide) groups is 1. The van der Waals surface area contributed by atoms with Crippen LogP contribution in [0, 0.1) is 17.6 Å². The highest BCUT2D eigenvalue weighted by molar-refractivity contribution is 7.98. The SMILES string of the molecule is CSc1ccc(C2CC(CN)CN2C)c(F)c1F. The molecule has 2 rings (SSSR count). The Morgan fingerprint density at radius 2 is 2.11 bits per heavy atom. The zero-order valence-corrected chi connectivity index (χ0v) is 11.4. The van der Waals surface area contributed by atoms with Crippen molar-refractivity contribution in [2.45, 2.75) is 17.4 Å². The van der Waals surface area contributed by atoms with Crippen LogP contribution in [0.4, 0.5) is 8.78 Å². The van der Waals surface area contributed by atoms with Gasteiger partial charge in [-0.25, -0.2) is 8.78 Å². The van der Waals surface area contributed by atoms with Crippen molar-refractivity contribution in [3.05, 3.63) is 29.3 Å². The van der Waals surface area contributed by atoms with Crippen LogP contribution in [0.5, 0.6) is 0 Å². The third-order valence-electron chi connectivity index (χ3n) is 3.62. The van der Waals surface area contributed by atoms with E-state index in [1.165, 1.54) is 11.8 Å². The maximum absolute atomic E-state index is 14.1. The molecule has 0 saturated carbocycles. The highest BCUT2D eigenvalue weighted by atomic mass is 32.2. The van der Waals surface area contributed by atoms with Crippen LogP contribution in [0.25, 0.3) is 0 Å². The second-order valence-corrected chi connectivity index (χ2v) is 5.63. The molecule has 18 heavy (non-hydrogen) atoms. The van der Waals surface area contributed by atoms with Gasteiger partial charge in [0.05, 0.1) is 0 Å². The number of hydrogen-bond acceptors (Lipinski definition) is 3. The molecular formula is C13H18F2N2S. The summed E-state index contributed by atoms with van der Waals surface area (Å²) in [7, 11) is 1.93. The number of nitrogens with two attached hydrogens (primary N) is 1. The van der Waals surface area contributed by atoms with Gasteiger partial charge in [-0.3, -0.25) is 4.90 Å². The van der Waals surface area contributed by atoms with Gasteiger partial charge in [0.15, 0.2) is 11.6 Å². The molecular weight excluding hydrogens is 254 g/mol. The van der Waals surface area contributed by atoms with Crippen LogP contribution in [-0.4, -0.2) is 31.3 Å². The van der Waals surface area contributed by atoms with Crippen molar-refractivity contribution in [3.8, 4) is 0 Å². The lowest BCUT2D eigenvalue weighted by Crippen LogP contribution is -2.21. The van der Waals surface area contributed by atoms with Crippen LogP contribution in [-0.2, 0) is 0 Å². The molecule has 2 N–H and O–H groups in total. The maximum atomic E-state index is 14.1. The van der Waals surface area contributed by atoms with Crippen molar-refractivity contribution in [2.75, 3.05) is 26.4 Å². The first-order valence-corrected chi connectivity index (χ1v) is 7.23. The van der Waals surface area contributed by atoms with Crippen LogP contribution in [0.3, 0.4) is 0 Å². The standard InChI is InChI=1S/C13H18F2N2S/c1-17-7-8(6-16)5-10(17)9-3-4-11(18-2)13(15)12(9)14/h3-4,8,10H,5-7,16H2,1-2H3.